The van der Waals surface area contributed by atoms with E-state index in [9.17, 15) is 9.59 Å². The minimum absolute atomic E-state index is 0.00333. The lowest BCUT2D eigenvalue weighted by Crippen LogP contribution is -2.56. The summed E-state index contributed by atoms with van der Waals surface area (Å²) in [5, 5.41) is 8.89. The molecule has 0 radical (unpaired) electrons. The van der Waals surface area contributed by atoms with Crippen LogP contribution in [0.15, 0.2) is 0 Å². The van der Waals surface area contributed by atoms with Gasteiger partial charge in [-0.25, -0.2) is 0 Å². The highest BCUT2D eigenvalue weighted by molar-refractivity contribution is 5.80. The van der Waals surface area contributed by atoms with Crippen LogP contribution in [-0.4, -0.2) is 72.7 Å². The maximum absolute atomic E-state index is 13.3. The molecule has 1 amide bonds. The topological polar surface area (TPSA) is 70.1 Å². The van der Waals surface area contributed by atoms with Gasteiger partial charge in [0.2, 0.25) is 5.91 Å². The molecule has 4 aliphatic carbocycles. The zero-order valence-corrected chi connectivity index (χ0v) is 15.1. The molecule has 1 unspecified atom stereocenters. The Bertz CT molecular complexity index is 510. The van der Waals surface area contributed by atoms with E-state index in [-0.39, 0.29) is 18.6 Å². The molecule has 5 rings (SSSR count). The normalized spacial score (nSPS) is 39.8. The third-order valence-electron chi connectivity index (χ3n) is 6.88. The van der Waals surface area contributed by atoms with Crippen LogP contribution < -0.4 is 0 Å². The maximum Gasteiger partial charge on any atom is 0.317 e. The predicted molar refractivity (Wildman–Crippen MR) is 92.0 cm³/mol. The smallest absolute Gasteiger partial charge is 0.317 e. The molecule has 6 nitrogen and oxygen atoms in total. The van der Waals surface area contributed by atoms with E-state index in [2.05, 4.69) is 0 Å². The molecule has 25 heavy (non-hydrogen) atoms. The van der Waals surface area contributed by atoms with Gasteiger partial charge in [0, 0.05) is 25.6 Å². The monoisotopic (exact) mass is 350 g/mol. The van der Waals surface area contributed by atoms with Gasteiger partial charge in [-0.1, -0.05) is 0 Å². The highest BCUT2D eigenvalue weighted by atomic mass is 16.5. The summed E-state index contributed by atoms with van der Waals surface area (Å²) >= 11 is 0. The van der Waals surface area contributed by atoms with Gasteiger partial charge in [0.15, 0.2) is 0 Å². The van der Waals surface area contributed by atoms with Gasteiger partial charge in [-0.05, 0) is 62.8 Å². The van der Waals surface area contributed by atoms with E-state index in [1.807, 2.05) is 4.90 Å². The first-order chi connectivity index (χ1) is 12.0. The molecule has 5 fully saturated rings. The van der Waals surface area contributed by atoms with Crippen molar-refractivity contribution in [3.05, 3.63) is 0 Å². The van der Waals surface area contributed by atoms with Crippen molar-refractivity contribution in [3.63, 3.8) is 0 Å². The Labute approximate surface area is 149 Å². The van der Waals surface area contributed by atoms with Gasteiger partial charge in [-0.3, -0.25) is 14.5 Å². The fourth-order valence-corrected chi connectivity index (χ4v) is 6.21. The number of carbonyl (C=O) groups excluding carboxylic acids is 1. The first-order valence-electron chi connectivity index (χ1n) is 9.80. The number of nitrogens with zero attached hydrogens (tertiary/aromatic N) is 2. The molecule has 5 aliphatic rings. The number of ether oxygens (including phenoxy) is 1. The molecule has 1 atom stereocenters. The lowest BCUT2D eigenvalue weighted by atomic mass is 9.51. The predicted octanol–water partition coefficient (Wildman–Crippen LogP) is 1.30. The van der Waals surface area contributed by atoms with Crippen LogP contribution in [-0.2, 0) is 14.3 Å². The Balaban J connectivity index is 1.36. The SMILES string of the molecule is CN(CC(=O)O)CC1CN(C(=O)C2C3CC4CC(C3)CC2C4)CCO1. The number of aliphatic carboxylic acids is 1. The van der Waals surface area contributed by atoms with Gasteiger partial charge >= 0.3 is 5.97 Å². The number of carboxylic acid groups (broad SMARTS) is 1. The largest absolute Gasteiger partial charge is 0.480 e. The van der Waals surface area contributed by atoms with Crippen molar-refractivity contribution in [3.8, 4) is 0 Å². The molecule has 4 saturated carbocycles. The van der Waals surface area contributed by atoms with Crippen molar-refractivity contribution < 1.29 is 19.4 Å². The number of rotatable bonds is 5. The van der Waals surface area contributed by atoms with E-state index in [0.717, 1.165) is 11.8 Å². The Morgan fingerprint density at radius 2 is 1.76 bits per heavy atom. The number of carbonyl (C=O) groups is 2. The van der Waals surface area contributed by atoms with E-state index in [1.54, 1.807) is 11.9 Å². The van der Waals surface area contributed by atoms with Crippen LogP contribution in [0.3, 0.4) is 0 Å². The van der Waals surface area contributed by atoms with Crippen LogP contribution in [0.2, 0.25) is 0 Å². The van der Waals surface area contributed by atoms with Gasteiger partial charge in [0.1, 0.15) is 0 Å². The number of hydrogen-bond acceptors (Lipinski definition) is 4. The zero-order chi connectivity index (χ0) is 17.6. The number of hydrogen-bond donors (Lipinski definition) is 1. The number of likely N-dealkylation sites (N-methyl/N-ethyl adjacent to an activating group) is 1. The summed E-state index contributed by atoms with van der Waals surface area (Å²) in [6, 6.07) is 0. The van der Waals surface area contributed by atoms with Gasteiger partial charge in [0.05, 0.1) is 19.3 Å². The Morgan fingerprint density at radius 1 is 1.12 bits per heavy atom. The molecule has 1 heterocycles. The zero-order valence-electron chi connectivity index (χ0n) is 15.1. The number of morpholine rings is 1. The average molecular weight is 350 g/mol. The number of carboxylic acids is 1. The summed E-state index contributed by atoms with van der Waals surface area (Å²) in [6.45, 7) is 2.40. The molecule has 140 valence electrons. The first-order valence-corrected chi connectivity index (χ1v) is 9.80. The Hall–Kier alpha value is -1.14. The van der Waals surface area contributed by atoms with Gasteiger partial charge in [0.25, 0.3) is 0 Å². The van der Waals surface area contributed by atoms with Crippen LogP contribution in [0.5, 0.6) is 0 Å². The molecule has 0 aromatic carbocycles. The molecule has 4 bridgehead atoms. The molecule has 0 aromatic heterocycles. The second-order valence-electron chi connectivity index (χ2n) is 8.82. The van der Waals surface area contributed by atoms with Gasteiger partial charge in [-0.15, -0.1) is 0 Å². The molecular weight excluding hydrogens is 320 g/mol. The molecule has 6 heteroatoms. The molecule has 1 N–H and O–H groups in total. The van der Waals surface area contributed by atoms with Crippen LogP contribution in [0.1, 0.15) is 32.1 Å². The van der Waals surface area contributed by atoms with E-state index in [0.29, 0.717) is 44.0 Å². The quantitative estimate of drug-likeness (QED) is 0.809. The van der Waals surface area contributed by atoms with Crippen LogP contribution >= 0.6 is 0 Å². The fourth-order valence-electron chi connectivity index (χ4n) is 6.21. The summed E-state index contributed by atoms with van der Waals surface area (Å²) < 4.78 is 5.79. The molecule has 0 spiro atoms. The highest BCUT2D eigenvalue weighted by Gasteiger charge is 2.51. The molecular formula is C19H30N2O4. The van der Waals surface area contributed by atoms with Crippen LogP contribution in [0.4, 0.5) is 0 Å². The maximum atomic E-state index is 13.3. The minimum Gasteiger partial charge on any atom is -0.480 e. The van der Waals surface area contributed by atoms with E-state index in [4.69, 9.17) is 9.84 Å². The summed E-state index contributed by atoms with van der Waals surface area (Å²) in [6.07, 6.45) is 6.37. The summed E-state index contributed by atoms with van der Waals surface area (Å²) in [4.78, 5) is 27.8. The van der Waals surface area contributed by atoms with Crippen LogP contribution in [0.25, 0.3) is 0 Å². The van der Waals surface area contributed by atoms with Crippen molar-refractivity contribution in [2.75, 3.05) is 39.8 Å². The van der Waals surface area contributed by atoms with Crippen molar-refractivity contribution in [2.24, 2.45) is 29.6 Å². The minimum atomic E-state index is -0.833. The highest BCUT2D eigenvalue weighted by Crippen LogP contribution is 2.56. The van der Waals surface area contributed by atoms with Gasteiger partial charge in [-0.2, -0.15) is 0 Å². The Kier molecular flexibility index (Phi) is 4.75. The van der Waals surface area contributed by atoms with E-state index >= 15 is 0 Å². The lowest BCUT2D eigenvalue weighted by molar-refractivity contribution is -0.157. The fraction of sp³-hybridized carbons (Fsp3) is 0.895. The average Bonchev–Trinajstić information content (AvgIpc) is 2.53. The third kappa shape index (κ3) is 3.56. The Morgan fingerprint density at radius 3 is 2.36 bits per heavy atom. The number of amides is 1. The van der Waals surface area contributed by atoms with Crippen molar-refractivity contribution >= 4 is 11.9 Å². The standard InChI is InChI=1S/C19H30N2O4/c1-20(11-17(22)23)9-16-10-21(2-3-25-16)19(24)18-14-5-12-4-13(7-14)8-15(18)6-12/h12-16,18H,2-11H2,1H3,(H,22,23). The first kappa shape index (κ1) is 17.3. The van der Waals surface area contributed by atoms with Crippen LogP contribution in [0, 0.1) is 29.6 Å². The molecule has 1 saturated heterocycles. The molecule has 0 aromatic rings. The van der Waals surface area contributed by atoms with E-state index < -0.39 is 5.97 Å². The van der Waals surface area contributed by atoms with Crippen molar-refractivity contribution in [1.82, 2.24) is 9.80 Å². The van der Waals surface area contributed by atoms with E-state index in [1.165, 1.54) is 32.1 Å². The second-order valence-corrected chi connectivity index (χ2v) is 8.82. The van der Waals surface area contributed by atoms with Crippen molar-refractivity contribution in [2.45, 2.75) is 38.2 Å². The summed E-state index contributed by atoms with van der Waals surface area (Å²) in [5.74, 6) is 2.74. The van der Waals surface area contributed by atoms with Gasteiger partial charge < -0.3 is 14.7 Å². The van der Waals surface area contributed by atoms with Crippen molar-refractivity contribution in [1.29, 1.82) is 0 Å². The third-order valence-corrected chi connectivity index (χ3v) is 6.88. The summed E-state index contributed by atoms with van der Waals surface area (Å²) in [7, 11) is 1.79. The second kappa shape index (κ2) is 6.88. The summed E-state index contributed by atoms with van der Waals surface area (Å²) in [5.41, 5.74) is 0. The molecule has 1 aliphatic heterocycles. The lowest BCUT2D eigenvalue weighted by Gasteiger charge is -2.54.